The molecular formula is C13H20N2O2S2. The van der Waals surface area contributed by atoms with Gasteiger partial charge in [-0.05, 0) is 30.5 Å². The average molecular weight is 300 g/mol. The Kier molecular flexibility index (Phi) is 5.46. The number of benzene rings is 1. The molecule has 19 heavy (non-hydrogen) atoms. The largest absolute Gasteiger partial charge is 0.389 e. The second kappa shape index (κ2) is 6.45. The Morgan fingerprint density at radius 3 is 2.58 bits per heavy atom. The van der Waals surface area contributed by atoms with Crippen LogP contribution < -0.4 is 10.5 Å². The summed E-state index contributed by atoms with van der Waals surface area (Å²) in [5.41, 5.74) is 7.02. The van der Waals surface area contributed by atoms with E-state index in [1.165, 1.54) is 6.07 Å². The summed E-state index contributed by atoms with van der Waals surface area (Å²) >= 11 is 4.90. The van der Waals surface area contributed by atoms with Crippen LogP contribution in [0, 0.1) is 12.8 Å². The van der Waals surface area contributed by atoms with E-state index in [4.69, 9.17) is 18.0 Å². The first-order valence-electron chi connectivity index (χ1n) is 6.18. The molecule has 0 spiro atoms. The first-order valence-corrected chi connectivity index (χ1v) is 8.07. The third-order valence-corrected chi connectivity index (χ3v) is 4.73. The van der Waals surface area contributed by atoms with Gasteiger partial charge in [-0.3, -0.25) is 0 Å². The molecular weight excluding hydrogens is 280 g/mol. The highest BCUT2D eigenvalue weighted by atomic mass is 32.2. The summed E-state index contributed by atoms with van der Waals surface area (Å²) in [5.74, 6) is 0.312. The Morgan fingerprint density at radius 2 is 2.11 bits per heavy atom. The number of nitrogens with two attached hydrogens (primary N) is 1. The van der Waals surface area contributed by atoms with Gasteiger partial charge in [0.1, 0.15) is 4.99 Å². The van der Waals surface area contributed by atoms with Crippen LogP contribution in [-0.2, 0) is 10.0 Å². The van der Waals surface area contributed by atoms with Gasteiger partial charge < -0.3 is 5.73 Å². The third kappa shape index (κ3) is 4.26. The second-order valence-corrected chi connectivity index (χ2v) is 6.91. The van der Waals surface area contributed by atoms with E-state index in [1.54, 1.807) is 19.1 Å². The average Bonchev–Trinajstić information content (AvgIpc) is 2.35. The fourth-order valence-corrected chi connectivity index (χ4v) is 3.04. The molecule has 3 N–H and O–H groups in total. The summed E-state index contributed by atoms with van der Waals surface area (Å²) < 4.78 is 26.8. The van der Waals surface area contributed by atoms with Crippen molar-refractivity contribution in [2.24, 2.45) is 11.7 Å². The lowest BCUT2D eigenvalue weighted by Gasteiger charge is -2.12. The first-order chi connectivity index (χ1) is 8.77. The van der Waals surface area contributed by atoms with Gasteiger partial charge in [0.25, 0.3) is 0 Å². The van der Waals surface area contributed by atoms with E-state index in [0.717, 1.165) is 12.0 Å². The number of sulfonamides is 1. The SMILES string of the molecule is CCC(C)CNS(=O)(=O)c1ccc(C(N)=S)c(C)c1. The minimum Gasteiger partial charge on any atom is -0.389 e. The minimum atomic E-state index is -3.46. The second-order valence-electron chi connectivity index (χ2n) is 4.71. The van der Waals surface area contributed by atoms with Crippen LogP contribution in [0.15, 0.2) is 23.1 Å². The smallest absolute Gasteiger partial charge is 0.240 e. The third-order valence-electron chi connectivity index (χ3n) is 3.09. The van der Waals surface area contributed by atoms with Crippen molar-refractivity contribution in [1.82, 2.24) is 4.72 Å². The minimum absolute atomic E-state index is 0.244. The Morgan fingerprint density at radius 1 is 1.47 bits per heavy atom. The molecule has 0 fully saturated rings. The Labute approximate surface area is 120 Å². The van der Waals surface area contributed by atoms with Crippen LogP contribution in [0.1, 0.15) is 31.4 Å². The van der Waals surface area contributed by atoms with E-state index in [2.05, 4.69) is 4.72 Å². The molecule has 0 radical (unpaired) electrons. The number of thiocarbonyl (C=S) groups is 1. The van der Waals surface area contributed by atoms with E-state index in [9.17, 15) is 8.42 Å². The maximum Gasteiger partial charge on any atom is 0.240 e. The topological polar surface area (TPSA) is 72.2 Å². The number of nitrogens with one attached hydrogen (secondary N) is 1. The number of rotatable bonds is 6. The highest BCUT2D eigenvalue weighted by Gasteiger charge is 2.16. The maximum absolute atomic E-state index is 12.1. The van der Waals surface area contributed by atoms with Gasteiger partial charge in [0.05, 0.1) is 4.90 Å². The van der Waals surface area contributed by atoms with E-state index in [1.807, 2.05) is 13.8 Å². The molecule has 1 unspecified atom stereocenters. The number of aryl methyl sites for hydroxylation is 1. The van der Waals surface area contributed by atoms with Crippen molar-refractivity contribution in [3.05, 3.63) is 29.3 Å². The standard InChI is InChI=1S/C13H20N2O2S2/c1-4-9(2)8-15-19(16,17)11-5-6-12(13(14)18)10(3)7-11/h5-7,9,15H,4,8H2,1-3H3,(H2,14,18). The van der Waals surface area contributed by atoms with Gasteiger partial charge >= 0.3 is 0 Å². The molecule has 0 heterocycles. The molecule has 0 aliphatic heterocycles. The summed E-state index contributed by atoms with van der Waals surface area (Å²) in [6.45, 7) is 6.26. The molecule has 0 aliphatic carbocycles. The van der Waals surface area contributed by atoms with E-state index in [0.29, 0.717) is 18.0 Å². The molecule has 0 aliphatic rings. The molecule has 0 amide bonds. The summed E-state index contributed by atoms with van der Waals surface area (Å²) in [6.07, 6.45) is 0.932. The quantitative estimate of drug-likeness (QED) is 0.788. The Balaban J connectivity index is 2.96. The van der Waals surface area contributed by atoms with E-state index >= 15 is 0 Å². The number of hydrogen-bond acceptors (Lipinski definition) is 3. The highest BCUT2D eigenvalue weighted by molar-refractivity contribution is 7.89. The molecule has 0 aromatic heterocycles. The predicted molar refractivity (Wildman–Crippen MR) is 81.7 cm³/mol. The van der Waals surface area contributed by atoms with Gasteiger partial charge in [0, 0.05) is 12.1 Å². The maximum atomic E-state index is 12.1. The van der Waals surface area contributed by atoms with Crippen LogP contribution in [0.3, 0.4) is 0 Å². The summed E-state index contributed by atoms with van der Waals surface area (Å²) in [6, 6.07) is 4.77. The van der Waals surface area contributed by atoms with Crippen LogP contribution >= 0.6 is 12.2 Å². The van der Waals surface area contributed by atoms with Crippen LogP contribution in [0.2, 0.25) is 0 Å². The number of hydrogen-bond donors (Lipinski definition) is 2. The Hall–Kier alpha value is -0.980. The lowest BCUT2D eigenvalue weighted by atomic mass is 10.1. The van der Waals surface area contributed by atoms with Crippen molar-refractivity contribution in [2.75, 3.05) is 6.54 Å². The van der Waals surface area contributed by atoms with Crippen molar-refractivity contribution in [3.63, 3.8) is 0 Å². The highest BCUT2D eigenvalue weighted by Crippen LogP contribution is 2.15. The fourth-order valence-electron chi connectivity index (χ4n) is 1.56. The molecule has 1 aromatic rings. The lowest BCUT2D eigenvalue weighted by molar-refractivity contribution is 0.528. The van der Waals surface area contributed by atoms with Crippen molar-refractivity contribution in [1.29, 1.82) is 0 Å². The molecule has 1 aromatic carbocycles. The first kappa shape index (κ1) is 16.1. The summed E-state index contributed by atoms with van der Waals surface area (Å²) in [4.78, 5) is 0.516. The van der Waals surface area contributed by atoms with E-state index in [-0.39, 0.29) is 9.88 Å². The van der Waals surface area contributed by atoms with Gasteiger partial charge in [-0.1, -0.05) is 38.6 Å². The summed E-state index contributed by atoms with van der Waals surface area (Å²) in [5, 5.41) is 0. The fraction of sp³-hybridized carbons (Fsp3) is 0.462. The summed E-state index contributed by atoms with van der Waals surface area (Å²) in [7, 11) is -3.46. The van der Waals surface area contributed by atoms with Crippen molar-refractivity contribution >= 4 is 27.2 Å². The van der Waals surface area contributed by atoms with Gasteiger partial charge in [0.15, 0.2) is 0 Å². The van der Waals surface area contributed by atoms with Crippen LogP contribution in [0.4, 0.5) is 0 Å². The van der Waals surface area contributed by atoms with Gasteiger partial charge in [-0.2, -0.15) is 0 Å². The van der Waals surface area contributed by atoms with Gasteiger partial charge in [-0.15, -0.1) is 0 Å². The van der Waals surface area contributed by atoms with Crippen LogP contribution in [0.25, 0.3) is 0 Å². The molecule has 0 saturated heterocycles. The van der Waals surface area contributed by atoms with Crippen molar-refractivity contribution in [3.8, 4) is 0 Å². The molecule has 1 atom stereocenters. The van der Waals surface area contributed by atoms with Gasteiger partial charge in [-0.25, -0.2) is 13.1 Å². The van der Waals surface area contributed by atoms with Crippen LogP contribution in [-0.4, -0.2) is 20.0 Å². The van der Waals surface area contributed by atoms with Crippen molar-refractivity contribution < 1.29 is 8.42 Å². The molecule has 4 nitrogen and oxygen atoms in total. The zero-order chi connectivity index (χ0) is 14.6. The van der Waals surface area contributed by atoms with Gasteiger partial charge in [0.2, 0.25) is 10.0 Å². The molecule has 1 rings (SSSR count). The Bertz CT molecular complexity index is 568. The molecule has 6 heteroatoms. The predicted octanol–water partition coefficient (Wildman–Crippen LogP) is 1.95. The molecule has 106 valence electrons. The monoisotopic (exact) mass is 300 g/mol. The molecule has 0 saturated carbocycles. The van der Waals surface area contributed by atoms with E-state index < -0.39 is 10.0 Å². The molecule has 0 bridgehead atoms. The lowest BCUT2D eigenvalue weighted by Crippen LogP contribution is -2.28. The zero-order valence-electron chi connectivity index (χ0n) is 11.4. The van der Waals surface area contributed by atoms with Crippen molar-refractivity contribution in [2.45, 2.75) is 32.1 Å². The van der Waals surface area contributed by atoms with Crippen LogP contribution in [0.5, 0.6) is 0 Å². The zero-order valence-corrected chi connectivity index (χ0v) is 13.1. The normalized spacial score (nSPS) is 13.2.